The van der Waals surface area contributed by atoms with Crippen LogP contribution in [0.2, 0.25) is 0 Å². The predicted molar refractivity (Wildman–Crippen MR) is 75.3 cm³/mol. The number of carbonyl (C=O) groups excluding carboxylic acids is 1. The Kier molecular flexibility index (Phi) is 6.81. The molecular weight excluding hydrogens is 277 g/mol. The molecule has 0 fully saturated rings. The van der Waals surface area contributed by atoms with Crippen LogP contribution in [0.25, 0.3) is 0 Å². The molecule has 0 aliphatic carbocycles. The van der Waals surface area contributed by atoms with Crippen LogP contribution in [0.1, 0.15) is 31.9 Å². The van der Waals surface area contributed by atoms with Crippen molar-refractivity contribution in [2.75, 3.05) is 19.7 Å². The lowest BCUT2D eigenvalue weighted by Gasteiger charge is -2.27. The minimum absolute atomic E-state index is 0.0980. The van der Waals surface area contributed by atoms with Gasteiger partial charge in [0.05, 0.1) is 13.0 Å². The molecule has 1 aromatic carbocycles. The Hall–Kier alpha value is -1.95. The fraction of sp³-hybridized carbons (Fsp3) is 0.467. The number of likely N-dealkylation sites (N-methyl/N-ethyl adjacent to an activating group) is 1. The molecule has 0 saturated carbocycles. The van der Waals surface area contributed by atoms with Gasteiger partial charge < -0.3 is 9.84 Å². The van der Waals surface area contributed by atoms with Crippen LogP contribution in [-0.4, -0.2) is 41.6 Å². The molecule has 0 aliphatic rings. The molecule has 0 amide bonds. The van der Waals surface area contributed by atoms with E-state index in [1.807, 2.05) is 0 Å². The SMILES string of the molecule is CCOC(=O)CCN(CC)C(C(=O)O)c1cccc(F)c1. The first-order valence-corrected chi connectivity index (χ1v) is 6.87. The number of nitrogens with zero attached hydrogens (tertiary/aromatic N) is 1. The van der Waals surface area contributed by atoms with Crippen molar-refractivity contribution in [3.63, 3.8) is 0 Å². The van der Waals surface area contributed by atoms with Crippen LogP contribution in [0.4, 0.5) is 4.39 Å². The van der Waals surface area contributed by atoms with Gasteiger partial charge in [-0.2, -0.15) is 0 Å². The summed E-state index contributed by atoms with van der Waals surface area (Å²) in [4.78, 5) is 24.5. The maximum atomic E-state index is 13.3. The van der Waals surface area contributed by atoms with Crippen molar-refractivity contribution < 1.29 is 23.8 Å². The van der Waals surface area contributed by atoms with Gasteiger partial charge in [0.15, 0.2) is 0 Å². The summed E-state index contributed by atoms with van der Waals surface area (Å²) in [6, 6.07) is 4.51. The van der Waals surface area contributed by atoms with Crippen LogP contribution >= 0.6 is 0 Å². The lowest BCUT2D eigenvalue weighted by Crippen LogP contribution is -2.35. The molecule has 116 valence electrons. The van der Waals surface area contributed by atoms with E-state index < -0.39 is 17.8 Å². The number of hydrogen-bond acceptors (Lipinski definition) is 4. The summed E-state index contributed by atoms with van der Waals surface area (Å²) < 4.78 is 18.1. The highest BCUT2D eigenvalue weighted by molar-refractivity contribution is 5.76. The Morgan fingerprint density at radius 1 is 1.38 bits per heavy atom. The number of carboxylic acid groups (broad SMARTS) is 1. The van der Waals surface area contributed by atoms with Crippen LogP contribution in [0.5, 0.6) is 0 Å². The molecule has 0 spiro atoms. The number of benzene rings is 1. The van der Waals surface area contributed by atoms with E-state index in [0.717, 1.165) is 0 Å². The minimum Gasteiger partial charge on any atom is -0.480 e. The molecule has 1 atom stereocenters. The second kappa shape index (κ2) is 8.36. The van der Waals surface area contributed by atoms with Crippen LogP contribution in [0.15, 0.2) is 24.3 Å². The molecular formula is C15H20FNO4. The van der Waals surface area contributed by atoms with Gasteiger partial charge in [0, 0.05) is 6.54 Å². The van der Waals surface area contributed by atoms with Crippen LogP contribution in [-0.2, 0) is 14.3 Å². The first-order chi connectivity index (χ1) is 9.99. The van der Waals surface area contributed by atoms with Gasteiger partial charge in [-0.25, -0.2) is 4.39 Å². The van der Waals surface area contributed by atoms with E-state index in [2.05, 4.69) is 0 Å². The van der Waals surface area contributed by atoms with Crippen molar-refractivity contribution in [1.82, 2.24) is 4.90 Å². The Labute approximate surface area is 123 Å². The Morgan fingerprint density at radius 3 is 2.62 bits per heavy atom. The molecule has 5 nitrogen and oxygen atoms in total. The standard InChI is InChI=1S/C15H20FNO4/c1-3-17(9-8-13(18)21-4-2)14(15(19)20)11-6-5-7-12(16)10-11/h5-7,10,14H,3-4,8-9H2,1-2H3,(H,19,20). The highest BCUT2D eigenvalue weighted by Crippen LogP contribution is 2.22. The summed E-state index contributed by atoms with van der Waals surface area (Å²) >= 11 is 0. The topological polar surface area (TPSA) is 66.8 Å². The monoisotopic (exact) mass is 297 g/mol. The zero-order chi connectivity index (χ0) is 15.8. The Bertz CT molecular complexity index is 492. The van der Waals surface area contributed by atoms with E-state index in [1.165, 1.54) is 18.2 Å². The van der Waals surface area contributed by atoms with Crippen molar-refractivity contribution in [3.8, 4) is 0 Å². The molecule has 1 rings (SSSR count). The summed E-state index contributed by atoms with van der Waals surface area (Å²) in [5.74, 6) is -1.94. The first kappa shape index (κ1) is 17.1. The highest BCUT2D eigenvalue weighted by Gasteiger charge is 2.27. The normalized spacial score (nSPS) is 12.2. The molecule has 1 N–H and O–H groups in total. The lowest BCUT2D eigenvalue weighted by molar-refractivity contribution is -0.147. The number of carboxylic acids is 1. The number of esters is 1. The number of rotatable bonds is 8. The molecule has 1 unspecified atom stereocenters. The van der Waals surface area contributed by atoms with Crippen molar-refractivity contribution in [3.05, 3.63) is 35.6 Å². The quantitative estimate of drug-likeness (QED) is 0.745. The van der Waals surface area contributed by atoms with Crippen LogP contribution in [0.3, 0.4) is 0 Å². The molecule has 0 saturated heterocycles. The Balaban J connectivity index is 2.86. The van der Waals surface area contributed by atoms with Crippen molar-refractivity contribution in [2.24, 2.45) is 0 Å². The first-order valence-electron chi connectivity index (χ1n) is 6.87. The molecule has 0 aromatic heterocycles. The third-order valence-corrected chi connectivity index (χ3v) is 3.08. The van der Waals surface area contributed by atoms with Gasteiger partial charge in [-0.05, 0) is 31.2 Å². The van der Waals surface area contributed by atoms with E-state index >= 15 is 0 Å². The van der Waals surface area contributed by atoms with Crippen molar-refractivity contribution in [2.45, 2.75) is 26.3 Å². The highest BCUT2D eigenvalue weighted by atomic mass is 19.1. The largest absolute Gasteiger partial charge is 0.480 e. The maximum absolute atomic E-state index is 13.3. The van der Waals surface area contributed by atoms with E-state index in [0.29, 0.717) is 12.1 Å². The van der Waals surface area contributed by atoms with Gasteiger partial charge in [-0.3, -0.25) is 14.5 Å². The molecule has 21 heavy (non-hydrogen) atoms. The Morgan fingerprint density at radius 2 is 2.10 bits per heavy atom. The smallest absolute Gasteiger partial charge is 0.325 e. The van der Waals surface area contributed by atoms with Gasteiger partial charge >= 0.3 is 11.9 Å². The predicted octanol–water partition coefficient (Wildman–Crippen LogP) is 2.23. The van der Waals surface area contributed by atoms with E-state index in [-0.39, 0.29) is 25.5 Å². The molecule has 0 heterocycles. The number of ether oxygens (including phenoxy) is 1. The summed E-state index contributed by atoms with van der Waals surface area (Å²) in [7, 11) is 0. The zero-order valence-corrected chi connectivity index (χ0v) is 12.2. The van der Waals surface area contributed by atoms with E-state index in [4.69, 9.17) is 4.74 Å². The van der Waals surface area contributed by atoms with Crippen molar-refractivity contribution in [1.29, 1.82) is 0 Å². The summed E-state index contributed by atoms with van der Waals surface area (Å²) in [6.45, 7) is 4.45. The second-order valence-corrected chi connectivity index (χ2v) is 4.48. The average Bonchev–Trinajstić information content (AvgIpc) is 2.43. The minimum atomic E-state index is -1.08. The number of hydrogen-bond donors (Lipinski definition) is 1. The summed E-state index contributed by atoms with van der Waals surface area (Å²) in [5.41, 5.74) is 0.355. The average molecular weight is 297 g/mol. The molecule has 0 aliphatic heterocycles. The van der Waals surface area contributed by atoms with Gasteiger partial charge in [-0.1, -0.05) is 19.1 Å². The maximum Gasteiger partial charge on any atom is 0.325 e. The molecule has 1 aromatic rings. The van der Waals surface area contributed by atoms with E-state index in [1.54, 1.807) is 24.8 Å². The summed E-state index contributed by atoms with van der Waals surface area (Å²) in [6.07, 6.45) is 0.0980. The summed E-state index contributed by atoms with van der Waals surface area (Å²) in [5, 5.41) is 9.41. The van der Waals surface area contributed by atoms with Gasteiger partial charge in [0.25, 0.3) is 0 Å². The van der Waals surface area contributed by atoms with Gasteiger partial charge in [0.1, 0.15) is 11.9 Å². The van der Waals surface area contributed by atoms with Crippen molar-refractivity contribution >= 4 is 11.9 Å². The van der Waals surface area contributed by atoms with E-state index in [9.17, 15) is 19.1 Å². The number of carbonyl (C=O) groups is 2. The zero-order valence-electron chi connectivity index (χ0n) is 12.2. The fourth-order valence-corrected chi connectivity index (χ4v) is 2.12. The molecule has 0 radical (unpaired) electrons. The number of halogens is 1. The van der Waals surface area contributed by atoms with Gasteiger partial charge in [0.2, 0.25) is 0 Å². The number of aliphatic carboxylic acids is 1. The molecule has 0 bridgehead atoms. The van der Waals surface area contributed by atoms with Gasteiger partial charge in [-0.15, -0.1) is 0 Å². The van der Waals surface area contributed by atoms with Crippen LogP contribution in [0, 0.1) is 5.82 Å². The third-order valence-electron chi connectivity index (χ3n) is 3.08. The molecule has 6 heteroatoms. The third kappa shape index (κ3) is 5.15. The lowest BCUT2D eigenvalue weighted by atomic mass is 10.0. The fourth-order valence-electron chi connectivity index (χ4n) is 2.12. The second-order valence-electron chi connectivity index (χ2n) is 4.48. The van der Waals surface area contributed by atoms with Crippen LogP contribution < -0.4 is 0 Å².